The fourth-order valence-electron chi connectivity index (χ4n) is 0. The van der Waals surface area contributed by atoms with E-state index >= 15 is 0 Å². The minimum atomic E-state index is -0.750. The van der Waals surface area contributed by atoms with Crippen LogP contribution in [0.1, 0.15) is 0 Å². The minimum Gasteiger partial charge on any atom is -0.387 e. The van der Waals surface area contributed by atoms with E-state index in [-0.39, 0.29) is 65.4 Å². The smallest absolute Gasteiger partial charge is 0.140 e. The molecule has 9 heavy (non-hydrogen) atoms. The van der Waals surface area contributed by atoms with E-state index in [1.54, 1.807) is 0 Å². The number of aliphatic hydroxyl groups excluding tert-OH is 3. The van der Waals surface area contributed by atoms with Gasteiger partial charge in [0.25, 0.3) is 0 Å². The van der Waals surface area contributed by atoms with Gasteiger partial charge in [-0.25, -0.2) is 0 Å². The summed E-state index contributed by atoms with van der Waals surface area (Å²) in [5, 5.41) is 27.2. The van der Waals surface area contributed by atoms with Crippen molar-refractivity contribution in [3.63, 3.8) is 0 Å². The Labute approximate surface area is 105 Å². The van der Waals surface area contributed by atoms with E-state index in [1.165, 1.54) is 0 Å². The van der Waals surface area contributed by atoms with Gasteiger partial charge < -0.3 is 20.4 Å². The first kappa shape index (κ1) is 30.5. The zero-order valence-electron chi connectivity index (χ0n) is 4.81. The summed E-state index contributed by atoms with van der Waals surface area (Å²) in [4.78, 5) is 0. The third kappa shape index (κ3) is 155. The maximum absolute atomic E-state index is 7.12. The first-order valence-corrected chi connectivity index (χ1v) is 1.15. The maximum Gasteiger partial charge on any atom is 0.140 e. The molecule has 0 aromatic carbocycles. The summed E-state index contributed by atoms with van der Waals surface area (Å²) in [5.41, 5.74) is 0. The zero-order chi connectivity index (χ0) is 6.71. The van der Waals surface area contributed by atoms with Gasteiger partial charge in [-0.3, -0.25) is 0 Å². The van der Waals surface area contributed by atoms with E-state index < -0.39 is 6.79 Å². The van der Waals surface area contributed by atoms with Gasteiger partial charge in [-0.15, -0.1) is 0 Å². The van der Waals surface area contributed by atoms with Crippen molar-refractivity contribution >= 4 is 0 Å². The predicted octanol–water partition coefficient (Wildman–Crippen LogP) is -1.02. The monoisotopic (exact) mass is 286 g/mol. The molecule has 6 radical (unpaired) electrons. The average molecular weight is 286 g/mol. The third-order valence-electron chi connectivity index (χ3n) is 0. The van der Waals surface area contributed by atoms with Gasteiger partial charge in [-0.1, -0.05) is 0 Å². The van der Waals surface area contributed by atoms with E-state index in [2.05, 4.69) is 14.2 Å². The Hall–Kier alpha value is 2.05. The molecule has 0 aromatic heterocycles. The molecule has 6 heteroatoms. The molecule has 0 saturated carbocycles. The molecule has 4 N–H and O–H groups in total. The van der Waals surface area contributed by atoms with Crippen LogP contribution in [0.25, 0.3) is 0 Å². The number of hydrogen-bond donors (Lipinski definition) is 4. The summed E-state index contributed by atoms with van der Waals surface area (Å²) < 4.78 is 0. The molecule has 0 aliphatic carbocycles. The fraction of sp³-hybridized carbons (Fsp3) is 0.333. The van der Waals surface area contributed by atoms with Gasteiger partial charge >= 0.3 is 0 Å². The van der Waals surface area contributed by atoms with Crippen molar-refractivity contribution in [2.24, 2.45) is 0 Å². The Kier molecular flexibility index (Phi) is 300. The van der Waals surface area contributed by atoms with Crippen LogP contribution in [0.5, 0.6) is 0 Å². The Morgan fingerprint density at radius 2 is 0.778 bits per heavy atom. The second kappa shape index (κ2) is 88.5. The second-order valence-electron chi connectivity index (χ2n) is 0.141. The standard InChI is InChI=1S/CH4O2.2CH2O.2Y/c2-1-3;2*1-2;;/h2-3H,1H2;2*1-2H;;. The van der Waals surface area contributed by atoms with E-state index in [0.717, 1.165) is 0 Å². The van der Waals surface area contributed by atoms with Gasteiger partial charge in [0.05, 0.1) is 0 Å². The maximum atomic E-state index is 7.12. The van der Waals surface area contributed by atoms with Gasteiger partial charge in [0.2, 0.25) is 0 Å². The van der Waals surface area contributed by atoms with Crippen LogP contribution >= 0.6 is 0 Å². The van der Waals surface area contributed by atoms with Crippen molar-refractivity contribution in [2.75, 3.05) is 6.79 Å². The predicted molar refractivity (Wildman–Crippen MR) is 21.8 cm³/mol. The van der Waals surface area contributed by atoms with Crippen molar-refractivity contribution in [1.29, 1.82) is 0 Å². The van der Waals surface area contributed by atoms with E-state index in [4.69, 9.17) is 20.4 Å². The average Bonchev–Trinajstić information content (AvgIpc) is 1.78. The van der Waals surface area contributed by atoms with Crippen molar-refractivity contribution in [1.82, 2.24) is 0 Å². The molecule has 0 bridgehead atoms. The molecule has 0 aliphatic heterocycles. The van der Waals surface area contributed by atoms with Crippen molar-refractivity contribution in [3.05, 3.63) is 14.2 Å². The Morgan fingerprint density at radius 1 is 0.778 bits per heavy atom. The van der Waals surface area contributed by atoms with Gasteiger partial charge in [-0.05, 0) is 0 Å². The Morgan fingerprint density at radius 3 is 0.778 bits per heavy atom. The van der Waals surface area contributed by atoms with Gasteiger partial charge in [0.15, 0.2) is 0 Å². The molecule has 50 valence electrons. The second-order valence-corrected chi connectivity index (χ2v) is 0.141. The summed E-state index contributed by atoms with van der Waals surface area (Å²) in [7, 11) is 7.00. The van der Waals surface area contributed by atoms with Crippen molar-refractivity contribution < 1.29 is 85.8 Å². The zero-order valence-corrected chi connectivity index (χ0v) is 10.5. The van der Waals surface area contributed by atoms with Crippen LogP contribution in [0, 0.1) is 14.2 Å². The minimum absolute atomic E-state index is 0. The van der Waals surface area contributed by atoms with Crippen LogP contribution in [0.15, 0.2) is 0 Å². The largest absolute Gasteiger partial charge is 0.387 e. The molecular formula is C3H8O4Y2. The molecule has 0 unspecified atom stereocenters. The van der Waals surface area contributed by atoms with Crippen LogP contribution in [0.2, 0.25) is 0 Å². The molecule has 0 aromatic rings. The van der Waals surface area contributed by atoms with Crippen LogP contribution in [-0.4, -0.2) is 27.2 Å². The fourth-order valence-corrected chi connectivity index (χ4v) is 0. The van der Waals surface area contributed by atoms with Gasteiger partial charge in [0, 0.05) is 65.4 Å². The molecule has 4 nitrogen and oxygen atoms in total. The molecule has 0 heterocycles. The Balaban J connectivity index is -0.00000000825. The summed E-state index contributed by atoms with van der Waals surface area (Å²) in [5.74, 6) is 0. The van der Waals surface area contributed by atoms with Gasteiger partial charge in [-0.2, -0.15) is 0 Å². The summed E-state index contributed by atoms with van der Waals surface area (Å²) in [6.07, 6.45) is 0. The topological polar surface area (TPSA) is 80.9 Å². The van der Waals surface area contributed by atoms with Crippen LogP contribution in [0.3, 0.4) is 0 Å². The van der Waals surface area contributed by atoms with E-state index in [1.807, 2.05) is 0 Å². The molecule has 0 aliphatic rings. The summed E-state index contributed by atoms with van der Waals surface area (Å²) in [6, 6.07) is 0. The molecule has 0 spiro atoms. The first-order valence-electron chi connectivity index (χ1n) is 1.15. The van der Waals surface area contributed by atoms with E-state index in [9.17, 15) is 0 Å². The molecular weight excluding hydrogens is 278 g/mol. The SMILES string of the molecule is OCO.[CH]O.[CH]O.[Y].[Y]. The van der Waals surface area contributed by atoms with Crippen molar-refractivity contribution in [2.45, 2.75) is 0 Å². The summed E-state index contributed by atoms with van der Waals surface area (Å²) >= 11 is 0. The van der Waals surface area contributed by atoms with Crippen LogP contribution in [-0.2, 0) is 65.4 Å². The molecule has 0 fully saturated rings. The molecule has 0 saturated heterocycles. The van der Waals surface area contributed by atoms with Crippen LogP contribution < -0.4 is 0 Å². The number of hydrogen-bond acceptors (Lipinski definition) is 4. The van der Waals surface area contributed by atoms with Crippen LogP contribution in [0.4, 0.5) is 0 Å². The quantitative estimate of drug-likeness (QED) is 0.430. The van der Waals surface area contributed by atoms with Crippen molar-refractivity contribution in [3.8, 4) is 0 Å². The molecule has 0 atom stereocenters. The number of rotatable bonds is 0. The van der Waals surface area contributed by atoms with E-state index in [0.29, 0.717) is 0 Å². The normalized spacial score (nSPS) is 3.33. The molecule has 0 amide bonds. The number of aliphatic hydroxyl groups is 4. The third-order valence-corrected chi connectivity index (χ3v) is 0. The van der Waals surface area contributed by atoms with Gasteiger partial charge in [0.1, 0.15) is 21.0 Å². The Bertz CT molecular complexity index is 13.8. The summed E-state index contributed by atoms with van der Waals surface area (Å²) in [6.45, 7) is -0.750. The first-order chi connectivity index (χ1) is 3.41. The molecule has 0 rings (SSSR count).